The molecule has 1 aliphatic rings. The zero-order valence-electron chi connectivity index (χ0n) is 13.6. The van der Waals surface area contributed by atoms with Gasteiger partial charge in [0.25, 0.3) is 0 Å². The van der Waals surface area contributed by atoms with Gasteiger partial charge in [0, 0.05) is 31.9 Å². The Hall–Kier alpha value is -2.37. The van der Waals surface area contributed by atoms with Gasteiger partial charge in [-0.1, -0.05) is 0 Å². The van der Waals surface area contributed by atoms with Crippen LogP contribution in [0.3, 0.4) is 0 Å². The minimum Gasteiger partial charge on any atom is -0.494 e. The van der Waals surface area contributed by atoms with E-state index >= 15 is 0 Å². The Morgan fingerprint density at radius 2 is 2.17 bits per heavy atom. The van der Waals surface area contributed by atoms with E-state index < -0.39 is 0 Å². The molecule has 6 heteroatoms. The van der Waals surface area contributed by atoms with Gasteiger partial charge in [-0.25, -0.2) is 4.39 Å². The Labute approximate surface area is 141 Å². The quantitative estimate of drug-likeness (QED) is 0.765. The number of likely N-dealkylation sites (tertiary alicyclic amines) is 1. The molecule has 0 N–H and O–H groups in total. The third kappa shape index (κ3) is 4.34. The summed E-state index contributed by atoms with van der Waals surface area (Å²) in [6, 6.07) is 8.10. The molecule has 2 heterocycles. The Balaban J connectivity index is 1.40. The third-order valence-corrected chi connectivity index (χ3v) is 4.27. The fraction of sp³-hybridized carbons (Fsp3) is 0.444. The number of hydrogen-bond acceptors (Lipinski definition) is 3. The lowest BCUT2D eigenvalue weighted by Gasteiger charge is -2.33. The van der Waals surface area contributed by atoms with Crippen molar-refractivity contribution < 1.29 is 13.9 Å². The van der Waals surface area contributed by atoms with Crippen LogP contribution in [0, 0.1) is 5.82 Å². The van der Waals surface area contributed by atoms with Crippen LogP contribution >= 0.6 is 0 Å². The molecule has 1 aromatic heterocycles. The van der Waals surface area contributed by atoms with Crippen molar-refractivity contribution in [1.82, 2.24) is 14.7 Å². The normalized spacial score (nSPS) is 17.7. The minimum atomic E-state index is -0.283. The van der Waals surface area contributed by atoms with Gasteiger partial charge in [0.15, 0.2) is 0 Å². The van der Waals surface area contributed by atoms with Crippen molar-refractivity contribution in [1.29, 1.82) is 0 Å². The maximum atomic E-state index is 12.8. The summed E-state index contributed by atoms with van der Waals surface area (Å²) in [5, 5.41) is 4.28. The number of halogens is 1. The van der Waals surface area contributed by atoms with Gasteiger partial charge in [0.1, 0.15) is 11.6 Å². The van der Waals surface area contributed by atoms with Crippen molar-refractivity contribution in [2.75, 3.05) is 19.7 Å². The van der Waals surface area contributed by atoms with Crippen LogP contribution in [0.25, 0.3) is 0 Å². The molecule has 2 aromatic rings. The first-order valence-electron chi connectivity index (χ1n) is 8.37. The van der Waals surface area contributed by atoms with E-state index in [0.717, 1.165) is 25.9 Å². The highest BCUT2D eigenvalue weighted by Gasteiger charge is 2.24. The molecule has 24 heavy (non-hydrogen) atoms. The Kier molecular flexibility index (Phi) is 5.46. The number of benzene rings is 1. The highest BCUT2D eigenvalue weighted by atomic mass is 19.1. The second-order valence-corrected chi connectivity index (χ2v) is 6.03. The van der Waals surface area contributed by atoms with Gasteiger partial charge in [-0.15, -0.1) is 0 Å². The largest absolute Gasteiger partial charge is 0.494 e. The van der Waals surface area contributed by atoms with E-state index in [1.807, 2.05) is 21.8 Å². The smallest absolute Gasteiger partial charge is 0.222 e. The van der Waals surface area contributed by atoms with Crippen molar-refractivity contribution in [2.24, 2.45) is 0 Å². The number of rotatable bonds is 6. The molecule has 0 radical (unpaired) electrons. The zero-order valence-corrected chi connectivity index (χ0v) is 13.6. The molecule has 1 fully saturated rings. The molecule has 1 saturated heterocycles. The number of ether oxygens (including phenoxy) is 1. The van der Waals surface area contributed by atoms with Crippen LogP contribution < -0.4 is 4.74 Å². The minimum absolute atomic E-state index is 0.162. The SMILES string of the molecule is O=C(CCCOc1ccc(F)cc1)N1CCCC(n2cccn2)C1. The van der Waals surface area contributed by atoms with E-state index in [4.69, 9.17) is 4.74 Å². The summed E-state index contributed by atoms with van der Waals surface area (Å²) < 4.78 is 20.3. The molecule has 3 rings (SSSR count). The number of aromatic nitrogens is 2. The average Bonchev–Trinajstić information content (AvgIpc) is 3.15. The van der Waals surface area contributed by atoms with E-state index in [-0.39, 0.29) is 17.8 Å². The highest BCUT2D eigenvalue weighted by Crippen LogP contribution is 2.21. The maximum absolute atomic E-state index is 12.8. The van der Waals surface area contributed by atoms with Gasteiger partial charge in [-0.2, -0.15) is 5.10 Å². The summed E-state index contributed by atoms with van der Waals surface area (Å²) in [7, 11) is 0. The molecule has 0 bridgehead atoms. The first kappa shape index (κ1) is 16.5. The van der Waals surface area contributed by atoms with Crippen molar-refractivity contribution in [3.05, 3.63) is 48.5 Å². The van der Waals surface area contributed by atoms with Gasteiger partial charge >= 0.3 is 0 Å². The maximum Gasteiger partial charge on any atom is 0.222 e. The third-order valence-electron chi connectivity index (χ3n) is 4.27. The topological polar surface area (TPSA) is 47.4 Å². The number of hydrogen-bond donors (Lipinski definition) is 0. The number of carbonyl (C=O) groups is 1. The number of piperidine rings is 1. The molecule has 0 aliphatic carbocycles. The zero-order chi connectivity index (χ0) is 16.8. The van der Waals surface area contributed by atoms with Crippen LogP contribution in [0.5, 0.6) is 5.75 Å². The predicted molar refractivity (Wildman–Crippen MR) is 88.2 cm³/mol. The second-order valence-electron chi connectivity index (χ2n) is 6.03. The van der Waals surface area contributed by atoms with Gasteiger partial charge in [-0.05, 0) is 49.6 Å². The van der Waals surface area contributed by atoms with Crippen LogP contribution in [0.4, 0.5) is 4.39 Å². The monoisotopic (exact) mass is 331 g/mol. The van der Waals surface area contributed by atoms with Crippen molar-refractivity contribution in [3.8, 4) is 5.75 Å². The Morgan fingerprint density at radius 1 is 1.33 bits per heavy atom. The lowest BCUT2D eigenvalue weighted by Crippen LogP contribution is -2.40. The van der Waals surface area contributed by atoms with E-state index in [0.29, 0.717) is 25.2 Å². The Morgan fingerprint density at radius 3 is 2.92 bits per heavy atom. The first-order chi connectivity index (χ1) is 11.7. The van der Waals surface area contributed by atoms with Crippen molar-refractivity contribution >= 4 is 5.91 Å². The van der Waals surface area contributed by atoms with Crippen LogP contribution in [0.2, 0.25) is 0 Å². The van der Waals surface area contributed by atoms with Gasteiger partial charge in [0.2, 0.25) is 5.91 Å². The number of nitrogens with zero attached hydrogens (tertiary/aromatic N) is 3. The molecule has 1 unspecified atom stereocenters. The average molecular weight is 331 g/mol. The van der Waals surface area contributed by atoms with E-state index in [1.165, 1.54) is 12.1 Å². The molecule has 0 saturated carbocycles. The van der Waals surface area contributed by atoms with Crippen LogP contribution in [0.15, 0.2) is 42.7 Å². The summed E-state index contributed by atoms with van der Waals surface area (Å²) in [5.74, 6) is 0.504. The molecule has 1 atom stereocenters. The second kappa shape index (κ2) is 7.95. The fourth-order valence-corrected chi connectivity index (χ4v) is 3.00. The summed E-state index contributed by atoms with van der Waals surface area (Å²) in [6.45, 7) is 1.99. The lowest BCUT2D eigenvalue weighted by atomic mass is 10.1. The summed E-state index contributed by atoms with van der Waals surface area (Å²) >= 11 is 0. The van der Waals surface area contributed by atoms with E-state index in [9.17, 15) is 9.18 Å². The highest BCUT2D eigenvalue weighted by molar-refractivity contribution is 5.76. The van der Waals surface area contributed by atoms with Crippen molar-refractivity contribution in [2.45, 2.75) is 31.7 Å². The van der Waals surface area contributed by atoms with Crippen LogP contribution in [-0.4, -0.2) is 40.3 Å². The van der Waals surface area contributed by atoms with Gasteiger partial charge in [0.05, 0.1) is 12.6 Å². The molecule has 1 aromatic carbocycles. The van der Waals surface area contributed by atoms with Crippen molar-refractivity contribution in [3.63, 3.8) is 0 Å². The predicted octanol–water partition coefficient (Wildman–Crippen LogP) is 3.04. The molecular formula is C18H22FN3O2. The fourth-order valence-electron chi connectivity index (χ4n) is 3.00. The first-order valence-corrected chi connectivity index (χ1v) is 8.37. The standard InChI is InChI=1S/C18H22FN3O2/c19-15-6-8-17(9-7-15)24-13-2-5-18(23)21-11-1-4-16(14-21)22-12-3-10-20-22/h3,6-10,12,16H,1-2,4-5,11,13-14H2. The summed E-state index contributed by atoms with van der Waals surface area (Å²) in [6.07, 6.45) is 6.90. The molecule has 5 nitrogen and oxygen atoms in total. The van der Waals surface area contributed by atoms with Crippen LogP contribution in [0.1, 0.15) is 31.7 Å². The number of carbonyl (C=O) groups excluding carboxylic acids is 1. The molecule has 0 spiro atoms. The lowest BCUT2D eigenvalue weighted by molar-refractivity contribution is -0.133. The Bertz CT molecular complexity index is 643. The molecule has 128 valence electrons. The molecular weight excluding hydrogens is 309 g/mol. The van der Waals surface area contributed by atoms with E-state index in [1.54, 1.807) is 18.3 Å². The molecule has 1 aliphatic heterocycles. The summed E-state index contributed by atoms with van der Waals surface area (Å²) in [5.41, 5.74) is 0. The summed E-state index contributed by atoms with van der Waals surface area (Å²) in [4.78, 5) is 14.3. The van der Waals surface area contributed by atoms with E-state index in [2.05, 4.69) is 5.10 Å². The van der Waals surface area contributed by atoms with Crippen LogP contribution in [-0.2, 0) is 4.79 Å². The number of amides is 1. The van der Waals surface area contributed by atoms with Gasteiger partial charge < -0.3 is 9.64 Å². The molecule has 1 amide bonds. The van der Waals surface area contributed by atoms with Gasteiger partial charge in [-0.3, -0.25) is 9.48 Å².